The number of ether oxygens (including phenoxy) is 1. The van der Waals surface area contributed by atoms with Crippen LogP contribution in [0.4, 0.5) is 5.82 Å². The number of hydrogen-bond donors (Lipinski definition) is 2. The molecule has 2 rings (SSSR count). The Bertz CT molecular complexity index is 675. The molecule has 6 nitrogen and oxygen atoms in total. The molecule has 22 heavy (non-hydrogen) atoms. The fourth-order valence-electron chi connectivity index (χ4n) is 1.98. The van der Waals surface area contributed by atoms with E-state index in [0.717, 1.165) is 17.4 Å². The van der Waals surface area contributed by atoms with Crippen LogP contribution in [0.5, 0.6) is 0 Å². The zero-order valence-corrected chi connectivity index (χ0v) is 14.1. The van der Waals surface area contributed by atoms with Crippen molar-refractivity contribution in [2.45, 2.75) is 26.7 Å². The van der Waals surface area contributed by atoms with Crippen LogP contribution in [0, 0.1) is 6.92 Å². The van der Waals surface area contributed by atoms with Crippen molar-refractivity contribution >= 4 is 44.9 Å². The lowest BCUT2D eigenvalue weighted by atomic mass is 10.2. The normalized spacial score (nSPS) is 10.9. The summed E-state index contributed by atoms with van der Waals surface area (Å²) in [5.41, 5.74) is 0.782. The molecule has 120 valence electrons. The number of halogens is 1. The van der Waals surface area contributed by atoms with E-state index < -0.39 is 0 Å². The van der Waals surface area contributed by atoms with Gasteiger partial charge in [-0.15, -0.1) is 11.3 Å². The second-order valence-corrected chi connectivity index (χ2v) is 6.05. The highest BCUT2D eigenvalue weighted by Crippen LogP contribution is 2.35. The Labute approximate surface area is 137 Å². The van der Waals surface area contributed by atoms with Crippen molar-refractivity contribution in [3.05, 3.63) is 15.7 Å². The van der Waals surface area contributed by atoms with E-state index in [0.29, 0.717) is 35.1 Å². The van der Waals surface area contributed by atoms with Gasteiger partial charge in [0, 0.05) is 13.2 Å². The third-order valence-corrected chi connectivity index (χ3v) is 4.35. The van der Waals surface area contributed by atoms with Gasteiger partial charge in [-0.3, -0.25) is 0 Å². The number of aliphatic hydroxyl groups is 1. The Kier molecular flexibility index (Phi) is 5.93. The Morgan fingerprint density at radius 3 is 2.91 bits per heavy atom. The number of rotatable bonds is 7. The highest BCUT2D eigenvalue weighted by Gasteiger charge is 2.21. The van der Waals surface area contributed by atoms with Crippen molar-refractivity contribution in [3.63, 3.8) is 0 Å². The van der Waals surface area contributed by atoms with E-state index in [9.17, 15) is 4.79 Å². The Morgan fingerprint density at radius 1 is 1.45 bits per heavy atom. The topological polar surface area (TPSA) is 84.3 Å². The summed E-state index contributed by atoms with van der Waals surface area (Å²) in [5, 5.41) is 12.9. The maximum absolute atomic E-state index is 12.1. The number of aromatic nitrogens is 2. The number of aliphatic hydroxyl groups excluding tert-OH is 1. The van der Waals surface area contributed by atoms with Gasteiger partial charge in [-0.2, -0.15) is 0 Å². The van der Waals surface area contributed by atoms with Gasteiger partial charge < -0.3 is 15.2 Å². The Morgan fingerprint density at radius 2 is 2.23 bits per heavy atom. The van der Waals surface area contributed by atoms with Gasteiger partial charge in [-0.1, -0.05) is 6.92 Å². The molecule has 0 spiro atoms. The number of esters is 1. The molecule has 0 bridgehead atoms. The predicted octanol–water partition coefficient (Wildman–Crippen LogP) is 3.01. The zero-order chi connectivity index (χ0) is 16.1. The maximum Gasteiger partial charge on any atom is 0.348 e. The molecule has 0 saturated carbocycles. The third-order valence-electron chi connectivity index (χ3n) is 3.01. The molecule has 2 aromatic rings. The van der Waals surface area contributed by atoms with Gasteiger partial charge in [-0.25, -0.2) is 14.8 Å². The summed E-state index contributed by atoms with van der Waals surface area (Å²) < 4.78 is 5.19. The summed E-state index contributed by atoms with van der Waals surface area (Å²) in [4.78, 5) is 21.6. The van der Waals surface area contributed by atoms with E-state index >= 15 is 0 Å². The summed E-state index contributed by atoms with van der Waals surface area (Å²) in [6, 6.07) is 0. The molecule has 0 saturated heterocycles. The quantitative estimate of drug-likeness (QED) is 0.456. The fraction of sp³-hybridized carbons (Fsp3) is 0.500. The molecule has 0 fully saturated rings. The minimum atomic E-state index is -0.347. The first kappa shape index (κ1) is 16.9. The third kappa shape index (κ3) is 3.66. The van der Waals surface area contributed by atoms with Crippen molar-refractivity contribution in [1.82, 2.24) is 9.97 Å². The monoisotopic (exact) mass is 343 g/mol. The molecular formula is C14H18ClN3O3S. The number of anilines is 1. The average Bonchev–Trinajstić information content (AvgIpc) is 2.82. The molecule has 2 aromatic heterocycles. The van der Waals surface area contributed by atoms with Crippen LogP contribution in [0.2, 0.25) is 5.28 Å². The highest BCUT2D eigenvalue weighted by molar-refractivity contribution is 7.20. The number of carbonyl (C=O) groups is 1. The first-order valence-corrected chi connectivity index (χ1v) is 8.26. The lowest BCUT2D eigenvalue weighted by Crippen LogP contribution is -2.07. The van der Waals surface area contributed by atoms with Gasteiger partial charge in [0.25, 0.3) is 0 Å². The van der Waals surface area contributed by atoms with Crippen LogP contribution in [0.3, 0.4) is 0 Å². The first-order valence-electron chi connectivity index (χ1n) is 7.07. The molecule has 0 aliphatic rings. The smallest absolute Gasteiger partial charge is 0.348 e. The van der Waals surface area contributed by atoms with Crippen LogP contribution in [0.25, 0.3) is 10.2 Å². The van der Waals surface area contributed by atoms with E-state index in [1.54, 1.807) is 0 Å². The van der Waals surface area contributed by atoms with Crippen molar-refractivity contribution in [3.8, 4) is 0 Å². The minimum Gasteiger partial charge on any atom is -0.462 e. The first-order chi connectivity index (χ1) is 10.6. The van der Waals surface area contributed by atoms with Crippen LogP contribution in [0.15, 0.2) is 0 Å². The number of nitrogens with zero attached hydrogens (tertiary/aromatic N) is 2. The van der Waals surface area contributed by atoms with Crippen molar-refractivity contribution in [2.24, 2.45) is 0 Å². The lowest BCUT2D eigenvalue weighted by molar-refractivity contribution is 0.0510. The summed E-state index contributed by atoms with van der Waals surface area (Å²) in [6.45, 7) is 4.83. The molecule has 0 amide bonds. The second kappa shape index (κ2) is 7.71. The second-order valence-electron chi connectivity index (χ2n) is 4.72. The lowest BCUT2D eigenvalue weighted by Gasteiger charge is -2.07. The molecule has 0 aromatic carbocycles. The van der Waals surface area contributed by atoms with Gasteiger partial charge in [0.1, 0.15) is 15.5 Å². The summed E-state index contributed by atoms with van der Waals surface area (Å²) in [5.74, 6) is 0.228. The average molecular weight is 344 g/mol. The number of thiophene rings is 1. The van der Waals surface area contributed by atoms with Crippen LogP contribution in [-0.4, -0.2) is 40.8 Å². The largest absolute Gasteiger partial charge is 0.462 e. The summed E-state index contributed by atoms with van der Waals surface area (Å²) >= 11 is 7.19. The minimum absolute atomic E-state index is 0.0895. The SMILES string of the molecule is CCCOC(=O)c1sc2nc(Cl)nc(NCCCO)c2c1C. The van der Waals surface area contributed by atoms with Crippen LogP contribution in [0.1, 0.15) is 35.0 Å². The highest BCUT2D eigenvalue weighted by atomic mass is 35.5. The maximum atomic E-state index is 12.1. The van der Waals surface area contributed by atoms with E-state index in [1.807, 2.05) is 13.8 Å². The van der Waals surface area contributed by atoms with E-state index in [2.05, 4.69) is 15.3 Å². The standard InChI is InChI=1S/C14H18ClN3O3S/c1-3-7-21-13(20)10-8(2)9-11(16-5-4-6-19)17-14(15)18-12(9)22-10/h19H,3-7H2,1-2H3,(H,16,17,18). The van der Waals surface area contributed by atoms with Crippen LogP contribution < -0.4 is 5.32 Å². The van der Waals surface area contributed by atoms with Crippen molar-refractivity contribution < 1.29 is 14.6 Å². The van der Waals surface area contributed by atoms with Crippen molar-refractivity contribution in [1.29, 1.82) is 0 Å². The Balaban J connectivity index is 2.40. The number of carbonyl (C=O) groups excluding carboxylic acids is 1. The molecule has 0 unspecified atom stereocenters. The molecule has 2 heterocycles. The van der Waals surface area contributed by atoms with Gasteiger partial charge in [0.15, 0.2) is 0 Å². The predicted molar refractivity (Wildman–Crippen MR) is 87.9 cm³/mol. The van der Waals surface area contributed by atoms with E-state index in [-0.39, 0.29) is 17.9 Å². The summed E-state index contributed by atoms with van der Waals surface area (Å²) in [7, 11) is 0. The molecule has 2 N–H and O–H groups in total. The summed E-state index contributed by atoms with van der Waals surface area (Å²) in [6.07, 6.45) is 1.37. The van der Waals surface area contributed by atoms with Gasteiger partial charge in [0.05, 0.1) is 12.0 Å². The Hall–Kier alpha value is -1.44. The van der Waals surface area contributed by atoms with Crippen molar-refractivity contribution in [2.75, 3.05) is 25.1 Å². The van der Waals surface area contributed by atoms with Gasteiger partial charge in [-0.05, 0) is 36.9 Å². The molecule has 0 radical (unpaired) electrons. The molecular weight excluding hydrogens is 326 g/mol. The van der Waals surface area contributed by atoms with Gasteiger partial charge >= 0.3 is 5.97 Å². The van der Waals surface area contributed by atoms with Gasteiger partial charge in [0.2, 0.25) is 5.28 Å². The van der Waals surface area contributed by atoms with E-state index in [4.69, 9.17) is 21.4 Å². The molecule has 0 atom stereocenters. The number of fused-ring (bicyclic) bond motifs is 1. The fourth-order valence-corrected chi connectivity index (χ4v) is 3.28. The number of hydrogen-bond acceptors (Lipinski definition) is 7. The van der Waals surface area contributed by atoms with E-state index in [1.165, 1.54) is 11.3 Å². The van der Waals surface area contributed by atoms with Crippen LogP contribution >= 0.6 is 22.9 Å². The molecule has 8 heteroatoms. The zero-order valence-electron chi connectivity index (χ0n) is 12.5. The molecule has 0 aliphatic heterocycles. The number of aryl methyl sites for hydroxylation is 1. The molecule has 0 aliphatic carbocycles. The van der Waals surface area contributed by atoms with Crippen LogP contribution in [-0.2, 0) is 4.74 Å². The number of nitrogens with one attached hydrogen (secondary N) is 1.